The third kappa shape index (κ3) is 2.84. The lowest BCUT2D eigenvalue weighted by Gasteiger charge is -2.18. The molecule has 1 saturated carbocycles. The Bertz CT molecular complexity index is 466. The van der Waals surface area contributed by atoms with Gasteiger partial charge in [-0.2, -0.15) is 0 Å². The third-order valence-corrected chi connectivity index (χ3v) is 3.70. The standard InChI is InChI=1S/C15H21NO2/c1-10-4-5-13(17)12(8-10)14(18)16-11-6-7-15(2,3)9-11/h4-5,8,11,17H,6-7,9H2,1-3H3,(H,16,18). The summed E-state index contributed by atoms with van der Waals surface area (Å²) >= 11 is 0. The highest BCUT2D eigenvalue weighted by Gasteiger charge is 2.32. The van der Waals surface area contributed by atoms with Crippen LogP contribution >= 0.6 is 0 Å². The van der Waals surface area contributed by atoms with E-state index in [0.29, 0.717) is 11.0 Å². The molecule has 1 aliphatic carbocycles. The Labute approximate surface area is 108 Å². The van der Waals surface area contributed by atoms with Crippen LogP contribution in [0.25, 0.3) is 0 Å². The van der Waals surface area contributed by atoms with Crippen molar-refractivity contribution in [2.75, 3.05) is 0 Å². The minimum absolute atomic E-state index is 0.0513. The predicted molar refractivity (Wildman–Crippen MR) is 71.7 cm³/mol. The number of hydrogen-bond donors (Lipinski definition) is 2. The largest absolute Gasteiger partial charge is 0.507 e. The lowest BCUT2D eigenvalue weighted by atomic mass is 9.92. The second-order valence-electron chi connectivity index (χ2n) is 6.10. The first kappa shape index (κ1) is 12.9. The van der Waals surface area contributed by atoms with E-state index in [1.807, 2.05) is 6.92 Å². The summed E-state index contributed by atoms with van der Waals surface area (Å²) in [6.45, 7) is 6.36. The van der Waals surface area contributed by atoms with Crippen LogP contribution in [-0.4, -0.2) is 17.1 Å². The molecule has 1 atom stereocenters. The fourth-order valence-corrected chi connectivity index (χ4v) is 2.65. The van der Waals surface area contributed by atoms with E-state index in [1.165, 1.54) is 0 Å². The van der Waals surface area contributed by atoms with Crippen LogP contribution in [0, 0.1) is 12.3 Å². The average molecular weight is 247 g/mol. The maximum absolute atomic E-state index is 12.1. The Hall–Kier alpha value is -1.51. The third-order valence-electron chi connectivity index (χ3n) is 3.70. The molecular formula is C15H21NO2. The summed E-state index contributed by atoms with van der Waals surface area (Å²) in [6.07, 6.45) is 3.16. The van der Waals surface area contributed by atoms with Crippen LogP contribution in [0.15, 0.2) is 18.2 Å². The summed E-state index contributed by atoms with van der Waals surface area (Å²) < 4.78 is 0. The van der Waals surface area contributed by atoms with Gasteiger partial charge in [0.1, 0.15) is 5.75 Å². The van der Waals surface area contributed by atoms with E-state index in [1.54, 1.807) is 18.2 Å². The number of benzene rings is 1. The molecule has 1 fully saturated rings. The van der Waals surface area contributed by atoms with E-state index in [9.17, 15) is 9.90 Å². The number of phenolic OH excluding ortho intramolecular Hbond substituents is 1. The van der Waals surface area contributed by atoms with Gasteiger partial charge in [0.05, 0.1) is 5.56 Å². The van der Waals surface area contributed by atoms with Crippen LogP contribution in [0.4, 0.5) is 0 Å². The van der Waals surface area contributed by atoms with Crippen LogP contribution in [0.3, 0.4) is 0 Å². The van der Waals surface area contributed by atoms with Gasteiger partial charge in [0.15, 0.2) is 0 Å². The van der Waals surface area contributed by atoms with Gasteiger partial charge in [-0.05, 0) is 43.7 Å². The van der Waals surface area contributed by atoms with Gasteiger partial charge in [-0.15, -0.1) is 0 Å². The smallest absolute Gasteiger partial charge is 0.255 e. The van der Waals surface area contributed by atoms with Gasteiger partial charge in [0.2, 0.25) is 0 Å². The van der Waals surface area contributed by atoms with E-state index in [0.717, 1.165) is 24.8 Å². The summed E-state index contributed by atoms with van der Waals surface area (Å²) in [5.74, 6) is -0.116. The van der Waals surface area contributed by atoms with Gasteiger partial charge in [-0.3, -0.25) is 4.79 Å². The number of amides is 1. The summed E-state index contributed by atoms with van der Waals surface area (Å²) in [5.41, 5.74) is 1.66. The molecule has 98 valence electrons. The number of nitrogens with one attached hydrogen (secondary N) is 1. The van der Waals surface area contributed by atoms with Gasteiger partial charge in [0.25, 0.3) is 5.91 Å². The minimum atomic E-state index is -0.168. The Balaban J connectivity index is 2.06. The molecule has 0 radical (unpaired) electrons. The quantitative estimate of drug-likeness (QED) is 0.844. The number of phenols is 1. The molecular weight excluding hydrogens is 226 g/mol. The Kier molecular flexibility index (Phi) is 3.33. The van der Waals surface area contributed by atoms with E-state index in [-0.39, 0.29) is 17.7 Å². The second kappa shape index (κ2) is 4.63. The van der Waals surface area contributed by atoms with Crippen molar-refractivity contribution in [1.82, 2.24) is 5.32 Å². The minimum Gasteiger partial charge on any atom is -0.507 e. The van der Waals surface area contributed by atoms with Crippen molar-refractivity contribution in [3.8, 4) is 5.75 Å². The Morgan fingerprint density at radius 3 is 2.78 bits per heavy atom. The molecule has 2 rings (SSSR count). The van der Waals surface area contributed by atoms with Crippen molar-refractivity contribution in [3.63, 3.8) is 0 Å². The molecule has 0 aliphatic heterocycles. The molecule has 0 bridgehead atoms. The maximum Gasteiger partial charge on any atom is 0.255 e. The number of carbonyl (C=O) groups excluding carboxylic acids is 1. The number of carbonyl (C=O) groups is 1. The van der Waals surface area contributed by atoms with Crippen molar-refractivity contribution in [1.29, 1.82) is 0 Å². The average Bonchev–Trinajstić information content (AvgIpc) is 2.61. The molecule has 0 saturated heterocycles. The number of rotatable bonds is 2. The zero-order valence-electron chi connectivity index (χ0n) is 11.3. The number of hydrogen-bond acceptors (Lipinski definition) is 2. The zero-order valence-corrected chi connectivity index (χ0v) is 11.3. The summed E-state index contributed by atoms with van der Waals surface area (Å²) in [6, 6.07) is 5.32. The molecule has 1 amide bonds. The van der Waals surface area contributed by atoms with Crippen molar-refractivity contribution in [2.24, 2.45) is 5.41 Å². The normalized spacial score (nSPS) is 21.8. The SMILES string of the molecule is Cc1ccc(O)c(C(=O)NC2CCC(C)(C)C2)c1. The highest BCUT2D eigenvalue weighted by molar-refractivity contribution is 5.97. The highest BCUT2D eigenvalue weighted by atomic mass is 16.3. The number of aryl methyl sites for hydroxylation is 1. The molecule has 0 aromatic heterocycles. The first-order valence-electron chi connectivity index (χ1n) is 6.48. The monoisotopic (exact) mass is 247 g/mol. The molecule has 1 aromatic rings. The van der Waals surface area contributed by atoms with Crippen molar-refractivity contribution < 1.29 is 9.90 Å². The molecule has 1 aliphatic rings. The van der Waals surface area contributed by atoms with E-state index in [4.69, 9.17) is 0 Å². The molecule has 18 heavy (non-hydrogen) atoms. The van der Waals surface area contributed by atoms with Crippen LogP contribution in [0.2, 0.25) is 0 Å². The van der Waals surface area contributed by atoms with Gasteiger partial charge in [0, 0.05) is 6.04 Å². The second-order valence-corrected chi connectivity index (χ2v) is 6.10. The van der Waals surface area contributed by atoms with Crippen molar-refractivity contribution in [3.05, 3.63) is 29.3 Å². The topological polar surface area (TPSA) is 49.3 Å². The first-order valence-corrected chi connectivity index (χ1v) is 6.48. The summed E-state index contributed by atoms with van der Waals surface area (Å²) in [4.78, 5) is 12.1. The molecule has 1 aromatic carbocycles. The molecule has 2 N–H and O–H groups in total. The fraction of sp³-hybridized carbons (Fsp3) is 0.533. The zero-order chi connectivity index (χ0) is 13.3. The van der Waals surface area contributed by atoms with Crippen LogP contribution in [0.5, 0.6) is 5.75 Å². The lowest BCUT2D eigenvalue weighted by molar-refractivity contribution is 0.0933. The number of aromatic hydroxyl groups is 1. The maximum atomic E-state index is 12.1. The summed E-state index contributed by atoms with van der Waals surface area (Å²) in [5, 5.41) is 12.7. The Morgan fingerprint density at radius 1 is 1.44 bits per heavy atom. The van der Waals surface area contributed by atoms with Crippen molar-refractivity contribution >= 4 is 5.91 Å². The molecule has 3 nitrogen and oxygen atoms in total. The molecule has 0 heterocycles. The van der Waals surface area contributed by atoms with Gasteiger partial charge >= 0.3 is 0 Å². The van der Waals surface area contributed by atoms with Gasteiger partial charge in [-0.25, -0.2) is 0 Å². The van der Waals surface area contributed by atoms with E-state index < -0.39 is 0 Å². The van der Waals surface area contributed by atoms with Crippen LogP contribution < -0.4 is 5.32 Å². The van der Waals surface area contributed by atoms with Crippen molar-refractivity contribution in [2.45, 2.75) is 46.1 Å². The summed E-state index contributed by atoms with van der Waals surface area (Å²) in [7, 11) is 0. The van der Waals surface area contributed by atoms with E-state index in [2.05, 4.69) is 19.2 Å². The van der Waals surface area contributed by atoms with Gasteiger partial charge < -0.3 is 10.4 Å². The first-order chi connectivity index (χ1) is 8.37. The van der Waals surface area contributed by atoms with Crippen LogP contribution in [0.1, 0.15) is 49.0 Å². The van der Waals surface area contributed by atoms with Crippen LogP contribution in [-0.2, 0) is 0 Å². The molecule has 3 heteroatoms. The molecule has 0 spiro atoms. The lowest BCUT2D eigenvalue weighted by Crippen LogP contribution is -2.33. The highest BCUT2D eigenvalue weighted by Crippen LogP contribution is 2.37. The van der Waals surface area contributed by atoms with E-state index >= 15 is 0 Å². The van der Waals surface area contributed by atoms with Gasteiger partial charge in [-0.1, -0.05) is 25.5 Å². The Morgan fingerprint density at radius 2 is 2.17 bits per heavy atom. The fourth-order valence-electron chi connectivity index (χ4n) is 2.65. The molecule has 1 unspecified atom stereocenters. The predicted octanol–water partition coefficient (Wildman–Crippen LogP) is 3.01.